The first-order chi connectivity index (χ1) is 10.7. The summed E-state index contributed by atoms with van der Waals surface area (Å²) >= 11 is 0. The van der Waals surface area contributed by atoms with Crippen molar-refractivity contribution >= 4 is 5.78 Å². The minimum absolute atomic E-state index is 0.0319. The number of carbonyl (C=O) groups excluding carboxylic acids is 1. The van der Waals surface area contributed by atoms with Crippen molar-refractivity contribution in [2.24, 2.45) is 0 Å². The molecule has 3 heteroatoms. The molecular formula is C19H30NO2+. The highest BCUT2D eigenvalue weighted by molar-refractivity contribution is 6.05. The molecule has 0 atom stereocenters. The van der Waals surface area contributed by atoms with Gasteiger partial charge in [0.15, 0.2) is 6.20 Å². The van der Waals surface area contributed by atoms with Crippen molar-refractivity contribution in [3.05, 3.63) is 42.2 Å². The SMILES string of the molecule is C=C(C)C(=O)c1cccc[n+]1CCCCCCCCCCO. The topological polar surface area (TPSA) is 41.2 Å². The van der Waals surface area contributed by atoms with Gasteiger partial charge in [0.1, 0.15) is 6.54 Å². The first kappa shape index (κ1) is 18.6. The Balaban J connectivity index is 2.25. The van der Waals surface area contributed by atoms with Crippen molar-refractivity contribution in [1.29, 1.82) is 0 Å². The summed E-state index contributed by atoms with van der Waals surface area (Å²) in [5, 5.41) is 8.71. The standard InChI is InChI=1S/C19H30NO2/c1-17(2)19(22)18-13-9-11-15-20(18)14-10-7-5-3-4-6-8-12-16-21/h9,11,13,15,21H,1,3-8,10,12,14,16H2,2H3/q+1. The van der Waals surface area contributed by atoms with E-state index in [1.807, 2.05) is 29.0 Å². The van der Waals surface area contributed by atoms with E-state index in [9.17, 15) is 4.79 Å². The van der Waals surface area contributed by atoms with Crippen LogP contribution in [0.4, 0.5) is 0 Å². The molecule has 1 aromatic rings. The third-order valence-corrected chi connectivity index (χ3v) is 3.87. The van der Waals surface area contributed by atoms with Crippen LogP contribution in [0.25, 0.3) is 0 Å². The maximum absolute atomic E-state index is 12.1. The maximum atomic E-state index is 12.1. The molecule has 1 N–H and O–H groups in total. The van der Waals surface area contributed by atoms with Crippen LogP contribution < -0.4 is 4.57 Å². The second-order valence-electron chi connectivity index (χ2n) is 5.94. The van der Waals surface area contributed by atoms with Crippen LogP contribution in [0.2, 0.25) is 0 Å². The summed E-state index contributed by atoms with van der Waals surface area (Å²) in [6, 6.07) is 5.74. The lowest BCUT2D eigenvalue weighted by atomic mass is 10.1. The number of aliphatic hydroxyl groups is 1. The van der Waals surface area contributed by atoms with Gasteiger partial charge in [-0.05, 0) is 31.4 Å². The molecule has 122 valence electrons. The number of carbonyl (C=O) groups is 1. The highest BCUT2D eigenvalue weighted by atomic mass is 16.2. The Morgan fingerprint density at radius 1 is 1.05 bits per heavy atom. The molecule has 0 bridgehead atoms. The number of aryl methyl sites for hydroxylation is 1. The van der Waals surface area contributed by atoms with Crippen LogP contribution in [0.5, 0.6) is 0 Å². The highest BCUT2D eigenvalue weighted by Gasteiger charge is 2.18. The molecule has 1 aromatic heterocycles. The molecule has 0 aliphatic carbocycles. The predicted octanol–water partition coefficient (Wildman–Crippen LogP) is 3.85. The third-order valence-electron chi connectivity index (χ3n) is 3.87. The van der Waals surface area contributed by atoms with Crippen LogP contribution in [0, 0.1) is 0 Å². The lowest BCUT2D eigenvalue weighted by molar-refractivity contribution is -0.699. The molecule has 1 heterocycles. The van der Waals surface area contributed by atoms with Crippen molar-refractivity contribution in [2.45, 2.75) is 64.8 Å². The number of pyridine rings is 1. The fourth-order valence-corrected chi connectivity index (χ4v) is 2.55. The predicted molar refractivity (Wildman–Crippen MR) is 89.8 cm³/mol. The average molecular weight is 304 g/mol. The Hall–Kier alpha value is -1.48. The van der Waals surface area contributed by atoms with Crippen molar-refractivity contribution in [2.75, 3.05) is 6.61 Å². The zero-order valence-electron chi connectivity index (χ0n) is 13.9. The number of aromatic nitrogens is 1. The smallest absolute Gasteiger partial charge is 0.253 e. The van der Waals surface area contributed by atoms with Gasteiger partial charge in [-0.15, -0.1) is 0 Å². The van der Waals surface area contributed by atoms with Crippen LogP contribution in [0.3, 0.4) is 0 Å². The zero-order chi connectivity index (χ0) is 16.2. The number of unbranched alkanes of at least 4 members (excludes halogenated alkanes) is 7. The van der Waals surface area contributed by atoms with Crippen LogP contribution in [-0.4, -0.2) is 17.5 Å². The minimum atomic E-state index is 0.0319. The molecule has 0 aromatic carbocycles. The van der Waals surface area contributed by atoms with Gasteiger partial charge >= 0.3 is 0 Å². The molecular weight excluding hydrogens is 274 g/mol. The lowest BCUT2D eigenvalue weighted by Gasteiger charge is -2.04. The van der Waals surface area contributed by atoms with E-state index in [0.717, 1.165) is 31.5 Å². The maximum Gasteiger partial charge on any atom is 0.253 e. The Morgan fingerprint density at radius 3 is 2.23 bits per heavy atom. The summed E-state index contributed by atoms with van der Waals surface area (Å²) < 4.78 is 2.04. The number of aliphatic hydroxyl groups excluding tert-OH is 1. The van der Waals surface area contributed by atoms with E-state index in [0.29, 0.717) is 12.2 Å². The van der Waals surface area contributed by atoms with Gasteiger partial charge in [0, 0.05) is 25.2 Å². The van der Waals surface area contributed by atoms with E-state index in [-0.39, 0.29) is 5.78 Å². The number of hydrogen-bond donors (Lipinski definition) is 1. The molecule has 0 aliphatic rings. The van der Waals surface area contributed by atoms with Gasteiger partial charge in [0.2, 0.25) is 0 Å². The van der Waals surface area contributed by atoms with Gasteiger partial charge in [0.25, 0.3) is 11.5 Å². The average Bonchev–Trinajstić information content (AvgIpc) is 2.53. The molecule has 0 spiro atoms. The van der Waals surface area contributed by atoms with Crippen LogP contribution in [0.15, 0.2) is 36.5 Å². The quantitative estimate of drug-likeness (QED) is 0.276. The number of rotatable bonds is 12. The molecule has 0 fully saturated rings. The van der Waals surface area contributed by atoms with Gasteiger partial charge in [-0.3, -0.25) is 4.79 Å². The van der Waals surface area contributed by atoms with Crippen molar-refractivity contribution in [1.82, 2.24) is 0 Å². The van der Waals surface area contributed by atoms with E-state index >= 15 is 0 Å². The molecule has 22 heavy (non-hydrogen) atoms. The summed E-state index contributed by atoms with van der Waals surface area (Å²) in [6.45, 7) is 6.71. The number of allylic oxidation sites excluding steroid dienone is 1. The third kappa shape index (κ3) is 6.99. The summed E-state index contributed by atoms with van der Waals surface area (Å²) in [5.74, 6) is 0.0319. The summed E-state index contributed by atoms with van der Waals surface area (Å²) in [6.07, 6.45) is 11.4. The van der Waals surface area contributed by atoms with Gasteiger partial charge in [-0.2, -0.15) is 4.57 Å². The van der Waals surface area contributed by atoms with Crippen molar-refractivity contribution in [3.8, 4) is 0 Å². The molecule has 0 aliphatic heterocycles. The van der Waals surface area contributed by atoms with Gasteiger partial charge < -0.3 is 5.11 Å². The fourth-order valence-electron chi connectivity index (χ4n) is 2.55. The molecule has 1 rings (SSSR count). The van der Waals surface area contributed by atoms with E-state index in [1.165, 1.54) is 32.1 Å². The first-order valence-electron chi connectivity index (χ1n) is 8.46. The first-order valence-corrected chi connectivity index (χ1v) is 8.46. The molecule has 0 unspecified atom stereocenters. The van der Waals surface area contributed by atoms with E-state index < -0.39 is 0 Å². The number of hydrogen-bond acceptors (Lipinski definition) is 2. The van der Waals surface area contributed by atoms with Crippen LogP contribution in [0.1, 0.15) is 68.8 Å². The summed E-state index contributed by atoms with van der Waals surface area (Å²) in [7, 11) is 0. The van der Waals surface area contributed by atoms with Gasteiger partial charge in [-0.1, -0.05) is 38.7 Å². The number of Topliss-reactive ketones (excluding diaryl/α,β-unsaturated/α-hetero) is 1. The Morgan fingerprint density at radius 2 is 1.64 bits per heavy atom. The lowest BCUT2D eigenvalue weighted by Crippen LogP contribution is -2.40. The monoisotopic (exact) mass is 304 g/mol. The number of nitrogens with zero attached hydrogens (tertiary/aromatic N) is 1. The minimum Gasteiger partial charge on any atom is -0.396 e. The van der Waals surface area contributed by atoms with Gasteiger partial charge in [-0.25, -0.2) is 0 Å². The fraction of sp³-hybridized carbons (Fsp3) is 0.579. The van der Waals surface area contributed by atoms with E-state index in [4.69, 9.17) is 5.11 Å². The van der Waals surface area contributed by atoms with E-state index in [2.05, 4.69) is 6.58 Å². The second kappa shape index (κ2) is 11.1. The molecule has 3 nitrogen and oxygen atoms in total. The normalized spacial score (nSPS) is 10.6. The Labute approximate surface area is 134 Å². The Kier molecular flexibility index (Phi) is 9.40. The van der Waals surface area contributed by atoms with Crippen molar-refractivity contribution in [3.63, 3.8) is 0 Å². The largest absolute Gasteiger partial charge is 0.396 e. The summed E-state index contributed by atoms with van der Waals surface area (Å²) in [5.41, 5.74) is 1.32. The molecule has 0 amide bonds. The molecule has 0 radical (unpaired) electrons. The second-order valence-corrected chi connectivity index (χ2v) is 5.94. The van der Waals surface area contributed by atoms with E-state index in [1.54, 1.807) is 6.92 Å². The van der Waals surface area contributed by atoms with Crippen molar-refractivity contribution < 1.29 is 14.5 Å². The van der Waals surface area contributed by atoms with Gasteiger partial charge in [0.05, 0.1) is 0 Å². The molecule has 0 saturated heterocycles. The zero-order valence-corrected chi connectivity index (χ0v) is 13.9. The Bertz CT molecular complexity index is 468. The number of ketones is 1. The van der Waals surface area contributed by atoms with Crippen LogP contribution in [-0.2, 0) is 6.54 Å². The van der Waals surface area contributed by atoms with Crippen LogP contribution >= 0.6 is 0 Å². The highest BCUT2D eigenvalue weighted by Crippen LogP contribution is 2.09. The molecule has 0 saturated carbocycles. The summed E-state index contributed by atoms with van der Waals surface area (Å²) in [4.78, 5) is 12.1.